The highest BCUT2D eigenvalue weighted by molar-refractivity contribution is 5.84. The molecule has 0 bridgehead atoms. The zero-order valence-electron chi connectivity index (χ0n) is 7.14. The van der Waals surface area contributed by atoms with E-state index in [4.69, 9.17) is 0 Å². The van der Waals surface area contributed by atoms with Crippen LogP contribution in [-0.2, 0) is 0 Å². The van der Waals surface area contributed by atoms with Gasteiger partial charge in [0.1, 0.15) is 12.7 Å². The SMILES string of the molecule is C/C(=N/n1cnnc1)C1CCC1. The van der Waals surface area contributed by atoms with E-state index in [1.165, 1.54) is 25.0 Å². The first kappa shape index (κ1) is 7.46. The van der Waals surface area contributed by atoms with Gasteiger partial charge >= 0.3 is 0 Å². The summed E-state index contributed by atoms with van der Waals surface area (Å²) in [7, 11) is 0. The van der Waals surface area contributed by atoms with Gasteiger partial charge in [0.2, 0.25) is 0 Å². The third-order valence-corrected chi connectivity index (χ3v) is 2.38. The standard InChI is InChI=1S/C8H12N4/c1-7(8-3-2-4-8)11-12-5-9-10-6-12/h5-6,8H,2-4H2,1H3/b11-7-. The minimum absolute atomic E-state index is 0.701. The highest BCUT2D eigenvalue weighted by atomic mass is 15.4. The predicted molar refractivity (Wildman–Crippen MR) is 45.9 cm³/mol. The van der Waals surface area contributed by atoms with E-state index in [9.17, 15) is 0 Å². The molecule has 0 aromatic carbocycles. The maximum Gasteiger partial charge on any atom is 0.141 e. The summed E-state index contributed by atoms with van der Waals surface area (Å²) < 4.78 is 1.66. The molecule has 0 N–H and O–H groups in total. The molecule has 1 heterocycles. The van der Waals surface area contributed by atoms with Gasteiger partial charge in [0.05, 0.1) is 0 Å². The fraction of sp³-hybridized carbons (Fsp3) is 0.625. The molecule has 12 heavy (non-hydrogen) atoms. The summed E-state index contributed by atoms with van der Waals surface area (Å²) in [6.45, 7) is 2.07. The number of hydrogen-bond acceptors (Lipinski definition) is 3. The highest BCUT2D eigenvalue weighted by Crippen LogP contribution is 2.27. The van der Waals surface area contributed by atoms with E-state index in [-0.39, 0.29) is 0 Å². The third-order valence-electron chi connectivity index (χ3n) is 2.38. The van der Waals surface area contributed by atoms with Crippen LogP contribution in [0.3, 0.4) is 0 Å². The van der Waals surface area contributed by atoms with E-state index < -0.39 is 0 Å². The van der Waals surface area contributed by atoms with Crippen molar-refractivity contribution in [2.24, 2.45) is 11.0 Å². The summed E-state index contributed by atoms with van der Waals surface area (Å²) in [4.78, 5) is 0. The lowest BCUT2D eigenvalue weighted by molar-refractivity contribution is 0.410. The average molecular weight is 164 g/mol. The second kappa shape index (κ2) is 3.05. The molecule has 0 saturated heterocycles. The number of aromatic nitrogens is 3. The Hall–Kier alpha value is -1.19. The third kappa shape index (κ3) is 1.37. The number of rotatable bonds is 2. The first-order valence-electron chi connectivity index (χ1n) is 4.26. The molecular formula is C8H12N4. The first-order valence-corrected chi connectivity index (χ1v) is 4.26. The van der Waals surface area contributed by atoms with E-state index in [2.05, 4.69) is 22.2 Å². The van der Waals surface area contributed by atoms with Gasteiger partial charge in [0.15, 0.2) is 0 Å². The van der Waals surface area contributed by atoms with Gasteiger partial charge in [-0.1, -0.05) is 6.42 Å². The molecule has 2 rings (SSSR count). The van der Waals surface area contributed by atoms with Crippen LogP contribution in [0.2, 0.25) is 0 Å². The normalized spacial score (nSPS) is 19.2. The zero-order chi connectivity index (χ0) is 8.39. The second-order valence-electron chi connectivity index (χ2n) is 3.21. The van der Waals surface area contributed by atoms with Crippen LogP contribution in [0.25, 0.3) is 0 Å². The molecule has 1 fully saturated rings. The lowest BCUT2D eigenvalue weighted by Gasteiger charge is -2.24. The molecule has 1 aliphatic carbocycles. The summed E-state index contributed by atoms with van der Waals surface area (Å²) in [5.74, 6) is 0.701. The van der Waals surface area contributed by atoms with Crippen LogP contribution >= 0.6 is 0 Å². The van der Waals surface area contributed by atoms with Crippen molar-refractivity contribution in [3.05, 3.63) is 12.7 Å². The van der Waals surface area contributed by atoms with Crippen molar-refractivity contribution in [1.82, 2.24) is 14.9 Å². The number of nitrogens with zero attached hydrogens (tertiary/aromatic N) is 4. The molecule has 0 atom stereocenters. The second-order valence-corrected chi connectivity index (χ2v) is 3.21. The Morgan fingerprint density at radius 2 is 2.08 bits per heavy atom. The molecular weight excluding hydrogens is 152 g/mol. The molecule has 0 radical (unpaired) electrons. The fourth-order valence-electron chi connectivity index (χ4n) is 1.34. The van der Waals surface area contributed by atoms with Crippen LogP contribution in [0.5, 0.6) is 0 Å². The van der Waals surface area contributed by atoms with Crippen LogP contribution in [0, 0.1) is 5.92 Å². The van der Waals surface area contributed by atoms with Crippen molar-refractivity contribution in [1.29, 1.82) is 0 Å². The van der Waals surface area contributed by atoms with Crippen LogP contribution in [0.1, 0.15) is 26.2 Å². The van der Waals surface area contributed by atoms with E-state index in [0.717, 1.165) is 0 Å². The molecule has 4 heteroatoms. The molecule has 1 aromatic heterocycles. The van der Waals surface area contributed by atoms with Crippen molar-refractivity contribution in [3.63, 3.8) is 0 Å². The molecule has 0 amide bonds. The van der Waals surface area contributed by atoms with Gasteiger partial charge < -0.3 is 0 Å². The molecule has 1 aromatic rings. The van der Waals surface area contributed by atoms with Crippen LogP contribution < -0.4 is 0 Å². The highest BCUT2D eigenvalue weighted by Gasteiger charge is 2.20. The Morgan fingerprint density at radius 1 is 1.42 bits per heavy atom. The summed E-state index contributed by atoms with van der Waals surface area (Å²) in [6, 6.07) is 0. The predicted octanol–water partition coefficient (Wildman–Crippen LogP) is 1.30. The zero-order valence-corrected chi connectivity index (χ0v) is 7.14. The summed E-state index contributed by atoms with van der Waals surface area (Å²) in [5.41, 5.74) is 1.20. The van der Waals surface area contributed by atoms with Crippen molar-refractivity contribution < 1.29 is 0 Å². The van der Waals surface area contributed by atoms with Gasteiger partial charge in [0.25, 0.3) is 0 Å². The maximum atomic E-state index is 4.35. The van der Waals surface area contributed by atoms with Gasteiger partial charge in [-0.05, 0) is 25.7 Å². The Balaban J connectivity index is 2.07. The average Bonchev–Trinajstić information content (AvgIpc) is 2.34. The maximum absolute atomic E-state index is 4.35. The Bertz CT molecular complexity index is 271. The van der Waals surface area contributed by atoms with Gasteiger partial charge in [-0.25, -0.2) is 4.68 Å². The Kier molecular flexibility index (Phi) is 1.89. The molecule has 4 nitrogen and oxygen atoms in total. The largest absolute Gasteiger partial charge is 0.208 e. The van der Waals surface area contributed by atoms with E-state index in [0.29, 0.717) is 5.92 Å². The van der Waals surface area contributed by atoms with Gasteiger partial charge in [0, 0.05) is 5.71 Å². The van der Waals surface area contributed by atoms with Crippen LogP contribution in [0.15, 0.2) is 17.8 Å². The smallest absolute Gasteiger partial charge is 0.141 e. The molecule has 0 spiro atoms. The lowest BCUT2D eigenvalue weighted by atomic mass is 9.82. The summed E-state index contributed by atoms with van der Waals surface area (Å²) in [5, 5.41) is 11.7. The summed E-state index contributed by atoms with van der Waals surface area (Å²) in [6.07, 6.45) is 7.15. The van der Waals surface area contributed by atoms with E-state index >= 15 is 0 Å². The van der Waals surface area contributed by atoms with Crippen molar-refractivity contribution in [2.75, 3.05) is 0 Å². The molecule has 1 aliphatic rings. The van der Waals surface area contributed by atoms with E-state index in [1.807, 2.05) is 0 Å². The van der Waals surface area contributed by atoms with Crippen molar-refractivity contribution in [2.45, 2.75) is 26.2 Å². The molecule has 64 valence electrons. The molecule has 1 saturated carbocycles. The van der Waals surface area contributed by atoms with Crippen molar-refractivity contribution >= 4 is 5.71 Å². The Labute approximate surface area is 71.3 Å². The monoisotopic (exact) mass is 164 g/mol. The molecule has 0 aliphatic heterocycles. The quantitative estimate of drug-likeness (QED) is 0.618. The van der Waals surface area contributed by atoms with Crippen LogP contribution in [-0.4, -0.2) is 20.6 Å². The minimum Gasteiger partial charge on any atom is -0.208 e. The lowest BCUT2D eigenvalue weighted by Crippen LogP contribution is -2.20. The summed E-state index contributed by atoms with van der Waals surface area (Å²) >= 11 is 0. The number of hydrogen-bond donors (Lipinski definition) is 0. The first-order chi connectivity index (χ1) is 5.86. The topological polar surface area (TPSA) is 43.1 Å². The van der Waals surface area contributed by atoms with Gasteiger partial charge in [-0.3, -0.25) is 0 Å². The fourth-order valence-corrected chi connectivity index (χ4v) is 1.34. The van der Waals surface area contributed by atoms with Gasteiger partial charge in [-0.15, -0.1) is 10.2 Å². The molecule has 0 unspecified atom stereocenters. The van der Waals surface area contributed by atoms with Crippen LogP contribution in [0.4, 0.5) is 0 Å². The Morgan fingerprint density at radius 3 is 2.58 bits per heavy atom. The minimum atomic E-state index is 0.701. The van der Waals surface area contributed by atoms with Crippen molar-refractivity contribution in [3.8, 4) is 0 Å². The van der Waals surface area contributed by atoms with E-state index in [1.54, 1.807) is 17.3 Å². The van der Waals surface area contributed by atoms with Gasteiger partial charge in [-0.2, -0.15) is 5.10 Å².